The van der Waals surface area contributed by atoms with Crippen LogP contribution >= 0.6 is 0 Å². The quantitative estimate of drug-likeness (QED) is 0.799. The van der Waals surface area contributed by atoms with Crippen molar-refractivity contribution in [1.82, 2.24) is 5.16 Å². The average Bonchev–Trinajstić information content (AvgIpc) is 2.61. The van der Waals surface area contributed by atoms with E-state index in [4.69, 9.17) is 9.26 Å². The number of hydrogen-bond acceptors (Lipinski definition) is 3. The number of halogens is 1. The standard InChI is InChI=1S/C12H12FNO2/c1-8-11(7-15-2)12(14-16-8)9-4-3-5-10(13)6-9/h3-6H,7H2,1-2H3. The highest BCUT2D eigenvalue weighted by Gasteiger charge is 2.14. The second-order valence-corrected chi connectivity index (χ2v) is 3.51. The van der Waals surface area contributed by atoms with Gasteiger partial charge in [-0.1, -0.05) is 17.3 Å². The van der Waals surface area contributed by atoms with E-state index in [0.29, 0.717) is 23.6 Å². The summed E-state index contributed by atoms with van der Waals surface area (Å²) in [7, 11) is 1.60. The molecule has 0 aliphatic heterocycles. The molecule has 0 radical (unpaired) electrons. The topological polar surface area (TPSA) is 35.3 Å². The van der Waals surface area contributed by atoms with E-state index in [1.54, 1.807) is 19.2 Å². The Kier molecular flexibility index (Phi) is 3.01. The number of aryl methyl sites for hydroxylation is 1. The molecule has 1 aromatic heterocycles. The summed E-state index contributed by atoms with van der Waals surface area (Å²) >= 11 is 0. The lowest BCUT2D eigenvalue weighted by Crippen LogP contribution is -1.91. The third-order valence-electron chi connectivity index (χ3n) is 2.37. The highest BCUT2D eigenvalue weighted by molar-refractivity contribution is 5.63. The van der Waals surface area contributed by atoms with Crippen molar-refractivity contribution < 1.29 is 13.7 Å². The van der Waals surface area contributed by atoms with Gasteiger partial charge >= 0.3 is 0 Å². The summed E-state index contributed by atoms with van der Waals surface area (Å²) in [5, 5.41) is 3.92. The van der Waals surface area contributed by atoms with Crippen molar-refractivity contribution in [2.45, 2.75) is 13.5 Å². The van der Waals surface area contributed by atoms with Gasteiger partial charge in [-0.3, -0.25) is 0 Å². The van der Waals surface area contributed by atoms with Crippen LogP contribution in [-0.2, 0) is 11.3 Å². The fourth-order valence-electron chi connectivity index (χ4n) is 1.57. The molecule has 4 heteroatoms. The summed E-state index contributed by atoms with van der Waals surface area (Å²) in [5.74, 6) is 0.405. The summed E-state index contributed by atoms with van der Waals surface area (Å²) in [6.07, 6.45) is 0. The molecule has 0 N–H and O–H groups in total. The highest BCUT2D eigenvalue weighted by atomic mass is 19.1. The molecule has 0 aliphatic carbocycles. The molecule has 0 fully saturated rings. The monoisotopic (exact) mass is 221 g/mol. The van der Waals surface area contributed by atoms with Crippen LogP contribution in [0.3, 0.4) is 0 Å². The van der Waals surface area contributed by atoms with Crippen LogP contribution in [0.2, 0.25) is 0 Å². The Balaban J connectivity index is 2.47. The van der Waals surface area contributed by atoms with E-state index in [1.807, 2.05) is 6.92 Å². The van der Waals surface area contributed by atoms with Gasteiger partial charge in [0.05, 0.1) is 6.61 Å². The minimum absolute atomic E-state index is 0.290. The van der Waals surface area contributed by atoms with Crippen molar-refractivity contribution in [1.29, 1.82) is 0 Å². The second-order valence-electron chi connectivity index (χ2n) is 3.51. The lowest BCUT2D eigenvalue weighted by Gasteiger charge is -2.01. The maximum absolute atomic E-state index is 13.1. The summed E-state index contributed by atoms with van der Waals surface area (Å²) < 4.78 is 23.2. The Morgan fingerprint density at radius 2 is 2.25 bits per heavy atom. The van der Waals surface area contributed by atoms with Gasteiger partial charge in [-0.05, 0) is 19.1 Å². The van der Waals surface area contributed by atoms with Gasteiger partial charge in [0, 0.05) is 18.2 Å². The van der Waals surface area contributed by atoms with Crippen LogP contribution in [0.25, 0.3) is 11.3 Å². The first-order valence-electron chi connectivity index (χ1n) is 4.92. The fourth-order valence-corrected chi connectivity index (χ4v) is 1.57. The van der Waals surface area contributed by atoms with Crippen molar-refractivity contribution in [3.05, 3.63) is 41.4 Å². The van der Waals surface area contributed by atoms with E-state index in [1.165, 1.54) is 12.1 Å². The number of ether oxygens (including phenoxy) is 1. The Morgan fingerprint density at radius 1 is 1.44 bits per heavy atom. The van der Waals surface area contributed by atoms with E-state index < -0.39 is 0 Å². The number of nitrogens with zero attached hydrogens (tertiary/aromatic N) is 1. The van der Waals surface area contributed by atoms with Gasteiger partial charge in [0.15, 0.2) is 0 Å². The molecule has 0 amide bonds. The molecule has 0 atom stereocenters. The molecule has 0 saturated heterocycles. The minimum Gasteiger partial charge on any atom is -0.380 e. The summed E-state index contributed by atoms with van der Waals surface area (Å²) in [6, 6.07) is 6.26. The van der Waals surface area contributed by atoms with Crippen molar-refractivity contribution in [3.8, 4) is 11.3 Å². The van der Waals surface area contributed by atoms with Crippen molar-refractivity contribution in [2.24, 2.45) is 0 Å². The molecule has 1 aromatic carbocycles. The van der Waals surface area contributed by atoms with E-state index in [9.17, 15) is 4.39 Å². The van der Waals surface area contributed by atoms with Gasteiger partial charge in [-0.25, -0.2) is 4.39 Å². The van der Waals surface area contributed by atoms with Gasteiger partial charge in [-0.2, -0.15) is 0 Å². The second kappa shape index (κ2) is 4.45. The third-order valence-corrected chi connectivity index (χ3v) is 2.37. The number of rotatable bonds is 3. The molecule has 3 nitrogen and oxygen atoms in total. The Hall–Kier alpha value is -1.68. The van der Waals surface area contributed by atoms with E-state index in [0.717, 1.165) is 5.56 Å². The highest BCUT2D eigenvalue weighted by Crippen LogP contribution is 2.26. The van der Waals surface area contributed by atoms with Crippen molar-refractivity contribution in [3.63, 3.8) is 0 Å². The molecule has 0 bridgehead atoms. The van der Waals surface area contributed by atoms with Crippen LogP contribution < -0.4 is 0 Å². The zero-order chi connectivity index (χ0) is 11.5. The minimum atomic E-state index is -0.290. The molecule has 2 aromatic rings. The molecule has 0 saturated carbocycles. The number of methoxy groups -OCH3 is 1. The summed E-state index contributed by atoms with van der Waals surface area (Å²) in [6.45, 7) is 2.21. The fraction of sp³-hybridized carbons (Fsp3) is 0.250. The predicted octanol–water partition coefficient (Wildman–Crippen LogP) is 2.94. The van der Waals surface area contributed by atoms with Crippen LogP contribution in [-0.4, -0.2) is 12.3 Å². The van der Waals surface area contributed by atoms with Crippen molar-refractivity contribution >= 4 is 0 Å². The van der Waals surface area contributed by atoms with Gasteiger partial charge < -0.3 is 9.26 Å². The van der Waals surface area contributed by atoms with Gasteiger partial charge in [-0.15, -0.1) is 0 Å². The van der Waals surface area contributed by atoms with Crippen LogP contribution in [0, 0.1) is 12.7 Å². The summed E-state index contributed by atoms with van der Waals surface area (Å²) in [4.78, 5) is 0. The van der Waals surface area contributed by atoms with Crippen molar-refractivity contribution in [2.75, 3.05) is 7.11 Å². The van der Waals surface area contributed by atoms with E-state index in [-0.39, 0.29) is 5.82 Å². The average molecular weight is 221 g/mol. The Labute approximate surface area is 92.8 Å². The molecular weight excluding hydrogens is 209 g/mol. The van der Waals surface area contributed by atoms with Gasteiger partial charge in [0.25, 0.3) is 0 Å². The Morgan fingerprint density at radius 3 is 2.94 bits per heavy atom. The maximum atomic E-state index is 13.1. The summed E-state index contributed by atoms with van der Waals surface area (Å²) in [5.41, 5.74) is 2.19. The largest absolute Gasteiger partial charge is 0.380 e. The smallest absolute Gasteiger partial charge is 0.139 e. The SMILES string of the molecule is COCc1c(-c2cccc(F)c2)noc1C. The molecule has 0 unspecified atom stereocenters. The van der Waals surface area contributed by atoms with E-state index >= 15 is 0 Å². The molecule has 0 spiro atoms. The predicted molar refractivity (Wildman–Crippen MR) is 57.3 cm³/mol. The molecule has 2 rings (SSSR count). The van der Waals surface area contributed by atoms with Gasteiger partial charge in [0.1, 0.15) is 17.3 Å². The zero-order valence-electron chi connectivity index (χ0n) is 9.16. The molecule has 16 heavy (non-hydrogen) atoms. The maximum Gasteiger partial charge on any atom is 0.139 e. The zero-order valence-corrected chi connectivity index (χ0v) is 9.16. The van der Waals surface area contributed by atoms with Crippen LogP contribution in [0.1, 0.15) is 11.3 Å². The third kappa shape index (κ3) is 1.97. The van der Waals surface area contributed by atoms with Crippen LogP contribution in [0.5, 0.6) is 0 Å². The van der Waals surface area contributed by atoms with E-state index in [2.05, 4.69) is 5.16 Å². The van der Waals surface area contributed by atoms with Gasteiger partial charge in [0.2, 0.25) is 0 Å². The van der Waals surface area contributed by atoms with Crippen LogP contribution in [0.4, 0.5) is 4.39 Å². The first kappa shape index (κ1) is 10.8. The molecular formula is C12H12FNO2. The lowest BCUT2D eigenvalue weighted by molar-refractivity contribution is 0.183. The normalized spacial score (nSPS) is 10.7. The van der Waals surface area contributed by atoms with Crippen LogP contribution in [0.15, 0.2) is 28.8 Å². The Bertz CT molecular complexity index is 494. The number of aromatic nitrogens is 1. The lowest BCUT2D eigenvalue weighted by atomic mass is 10.1. The number of benzene rings is 1. The first-order valence-corrected chi connectivity index (χ1v) is 4.92. The first-order chi connectivity index (χ1) is 7.72. The molecule has 84 valence electrons. The molecule has 0 aliphatic rings. The number of hydrogen-bond donors (Lipinski definition) is 0. The molecule has 1 heterocycles.